The van der Waals surface area contributed by atoms with Crippen LogP contribution in [0, 0.1) is 6.92 Å². The van der Waals surface area contributed by atoms with Crippen molar-refractivity contribution >= 4 is 11.8 Å². The second kappa shape index (κ2) is 5.92. The predicted molar refractivity (Wildman–Crippen MR) is 77.4 cm³/mol. The molecule has 0 spiro atoms. The fraction of sp³-hybridized carbons (Fsp3) is 0.600. The van der Waals surface area contributed by atoms with Crippen LogP contribution in [0.25, 0.3) is 0 Å². The zero-order valence-electron chi connectivity index (χ0n) is 10.9. The SMILES string of the molecule is Cc1ccc(C(SC2CCCC2)C(C)N)cc1. The van der Waals surface area contributed by atoms with Gasteiger partial charge in [0.05, 0.1) is 0 Å². The Bertz CT molecular complexity index is 338. The average molecular weight is 249 g/mol. The smallest absolute Gasteiger partial charge is 0.0448 e. The molecule has 2 N–H and O–H groups in total. The molecule has 1 nitrogen and oxygen atoms in total. The molecule has 1 aliphatic carbocycles. The Hall–Kier alpha value is -0.470. The maximum absolute atomic E-state index is 6.16. The number of rotatable bonds is 4. The minimum Gasteiger partial charge on any atom is -0.327 e. The minimum atomic E-state index is 0.225. The van der Waals surface area contributed by atoms with E-state index in [9.17, 15) is 0 Å². The lowest BCUT2D eigenvalue weighted by Crippen LogP contribution is -2.24. The molecule has 0 bridgehead atoms. The molecule has 0 radical (unpaired) electrons. The highest BCUT2D eigenvalue weighted by atomic mass is 32.2. The normalized spacial score (nSPS) is 20.4. The molecule has 2 atom stereocenters. The molecule has 2 rings (SSSR count). The molecule has 17 heavy (non-hydrogen) atoms. The summed E-state index contributed by atoms with van der Waals surface area (Å²) in [5, 5.41) is 1.28. The standard InChI is InChI=1S/C15H23NS/c1-11-7-9-13(10-8-11)15(12(2)16)17-14-5-3-4-6-14/h7-10,12,14-15H,3-6,16H2,1-2H3. The number of nitrogens with two attached hydrogens (primary N) is 1. The Balaban J connectivity index is 2.08. The van der Waals surface area contributed by atoms with Crippen LogP contribution in [0.15, 0.2) is 24.3 Å². The molecule has 1 saturated carbocycles. The topological polar surface area (TPSA) is 26.0 Å². The molecule has 2 heteroatoms. The summed E-state index contributed by atoms with van der Waals surface area (Å²) in [4.78, 5) is 0. The lowest BCUT2D eigenvalue weighted by Gasteiger charge is -2.24. The van der Waals surface area contributed by atoms with Crippen molar-refractivity contribution in [2.45, 2.75) is 56.1 Å². The van der Waals surface area contributed by atoms with E-state index in [4.69, 9.17) is 5.73 Å². The number of benzene rings is 1. The lowest BCUT2D eigenvalue weighted by atomic mass is 10.1. The first kappa shape index (κ1) is 13.0. The van der Waals surface area contributed by atoms with E-state index in [1.165, 1.54) is 36.8 Å². The van der Waals surface area contributed by atoms with Gasteiger partial charge in [-0.15, -0.1) is 11.8 Å². The number of aryl methyl sites for hydroxylation is 1. The van der Waals surface area contributed by atoms with Crippen molar-refractivity contribution in [1.29, 1.82) is 0 Å². The summed E-state index contributed by atoms with van der Waals surface area (Å²) in [5.41, 5.74) is 8.88. The highest BCUT2D eigenvalue weighted by molar-refractivity contribution is 8.00. The van der Waals surface area contributed by atoms with Crippen molar-refractivity contribution in [1.82, 2.24) is 0 Å². The van der Waals surface area contributed by atoms with Crippen LogP contribution in [0.3, 0.4) is 0 Å². The van der Waals surface area contributed by atoms with Crippen LogP contribution in [-0.4, -0.2) is 11.3 Å². The summed E-state index contributed by atoms with van der Waals surface area (Å²) in [6, 6.07) is 9.10. The molecule has 0 heterocycles. The molecule has 0 amide bonds. The Morgan fingerprint density at radius 2 is 1.76 bits per heavy atom. The zero-order valence-corrected chi connectivity index (χ0v) is 11.7. The van der Waals surface area contributed by atoms with E-state index in [1.54, 1.807) is 0 Å². The van der Waals surface area contributed by atoms with Gasteiger partial charge in [-0.2, -0.15) is 0 Å². The van der Waals surface area contributed by atoms with Gasteiger partial charge in [-0.05, 0) is 32.3 Å². The molecule has 94 valence electrons. The van der Waals surface area contributed by atoms with E-state index >= 15 is 0 Å². The van der Waals surface area contributed by atoms with Crippen molar-refractivity contribution < 1.29 is 0 Å². The molecule has 1 aromatic rings. The fourth-order valence-corrected chi connectivity index (χ4v) is 4.08. The zero-order chi connectivity index (χ0) is 12.3. The van der Waals surface area contributed by atoms with Crippen molar-refractivity contribution in [2.24, 2.45) is 5.73 Å². The lowest BCUT2D eigenvalue weighted by molar-refractivity contribution is 0.714. The molecule has 0 aliphatic heterocycles. The van der Waals surface area contributed by atoms with Gasteiger partial charge in [-0.3, -0.25) is 0 Å². The first-order valence-corrected chi connectivity index (χ1v) is 7.58. The van der Waals surface area contributed by atoms with Gasteiger partial charge in [0.25, 0.3) is 0 Å². The second-order valence-electron chi connectivity index (χ2n) is 5.23. The van der Waals surface area contributed by atoms with Crippen molar-refractivity contribution in [3.05, 3.63) is 35.4 Å². The average Bonchev–Trinajstić information content (AvgIpc) is 2.80. The van der Waals surface area contributed by atoms with Crippen molar-refractivity contribution in [2.75, 3.05) is 0 Å². The van der Waals surface area contributed by atoms with Gasteiger partial charge in [-0.25, -0.2) is 0 Å². The fourth-order valence-electron chi connectivity index (χ4n) is 2.49. The van der Waals surface area contributed by atoms with Gasteiger partial charge < -0.3 is 5.73 Å². The van der Waals surface area contributed by atoms with Gasteiger partial charge in [-0.1, -0.05) is 42.7 Å². The number of hydrogen-bond acceptors (Lipinski definition) is 2. The molecular formula is C15H23NS. The van der Waals surface area contributed by atoms with Crippen molar-refractivity contribution in [3.8, 4) is 0 Å². The molecule has 0 aromatic heterocycles. The van der Waals surface area contributed by atoms with E-state index < -0.39 is 0 Å². The summed E-state index contributed by atoms with van der Waals surface area (Å²) in [5.74, 6) is 0. The Labute approximate surface area is 109 Å². The Morgan fingerprint density at radius 3 is 2.29 bits per heavy atom. The highest BCUT2D eigenvalue weighted by Crippen LogP contribution is 2.40. The first-order valence-electron chi connectivity index (χ1n) is 6.64. The number of hydrogen-bond donors (Lipinski definition) is 1. The van der Waals surface area contributed by atoms with Crippen LogP contribution in [-0.2, 0) is 0 Å². The number of thioether (sulfide) groups is 1. The quantitative estimate of drug-likeness (QED) is 0.871. The predicted octanol–water partition coefficient (Wildman–Crippen LogP) is 4.06. The largest absolute Gasteiger partial charge is 0.327 e. The monoisotopic (exact) mass is 249 g/mol. The second-order valence-corrected chi connectivity index (χ2v) is 6.68. The van der Waals surface area contributed by atoms with Crippen LogP contribution in [0.5, 0.6) is 0 Å². The van der Waals surface area contributed by atoms with Crippen LogP contribution in [0.2, 0.25) is 0 Å². The highest BCUT2D eigenvalue weighted by Gasteiger charge is 2.24. The van der Waals surface area contributed by atoms with E-state index in [0.29, 0.717) is 5.25 Å². The van der Waals surface area contributed by atoms with Gasteiger partial charge in [0, 0.05) is 16.5 Å². The summed E-state index contributed by atoms with van der Waals surface area (Å²) in [6.45, 7) is 4.27. The van der Waals surface area contributed by atoms with Crippen LogP contribution < -0.4 is 5.73 Å². The molecule has 0 saturated heterocycles. The summed E-state index contributed by atoms with van der Waals surface area (Å²) >= 11 is 2.09. The van der Waals surface area contributed by atoms with Gasteiger partial charge >= 0.3 is 0 Å². The summed E-state index contributed by atoms with van der Waals surface area (Å²) < 4.78 is 0. The van der Waals surface area contributed by atoms with Crippen LogP contribution >= 0.6 is 11.8 Å². The minimum absolute atomic E-state index is 0.225. The third-order valence-corrected chi connectivity index (χ3v) is 5.38. The van der Waals surface area contributed by atoms with E-state index in [-0.39, 0.29) is 6.04 Å². The van der Waals surface area contributed by atoms with E-state index in [1.807, 2.05) is 0 Å². The van der Waals surface area contributed by atoms with Crippen LogP contribution in [0.1, 0.15) is 49.0 Å². The summed E-state index contributed by atoms with van der Waals surface area (Å²) in [6.07, 6.45) is 5.55. The van der Waals surface area contributed by atoms with Gasteiger partial charge in [0.2, 0.25) is 0 Å². The molecule has 1 aromatic carbocycles. The third kappa shape index (κ3) is 3.49. The Kier molecular flexibility index (Phi) is 4.52. The maximum atomic E-state index is 6.16. The van der Waals surface area contributed by atoms with Crippen molar-refractivity contribution in [3.63, 3.8) is 0 Å². The first-order chi connectivity index (χ1) is 8.16. The molecule has 1 aliphatic rings. The molecule has 2 unspecified atom stereocenters. The summed E-state index contributed by atoms with van der Waals surface area (Å²) in [7, 11) is 0. The Morgan fingerprint density at radius 1 is 1.18 bits per heavy atom. The molecule has 1 fully saturated rings. The van der Waals surface area contributed by atoms with E-state index in [2.05, 4.69) is 49.9 Å². The third-order valence-electron chi connectivity index (χ3n) is 3.52. The van der Waals surface area contributed by atoms with E-state index in [0.717, 1.165) is 5.25 Å². The van der Waals surface area contributed by atoms with Gasteiger partial charge in [0.15, 0.2) is 0 Å². The molecular weight excluding hydrogens is 226 g/mol. The van der Waals surface area contributed by atoms with Gasteiger partial charge in [0.1, 0.15) is 0 Å². The van der Waals surface area contributed by atoms with Crippen LogP contribution in [0.4, 0.5) is 0 Å². The maximum Gasteiger partial charge on any atom is 0.0448 e.